The van der Waals surface area contributed by atoms with Gasteiger partial charge in [0, 0.05) is 17.5 Å². The number of carbonyl (C=O) groups is 4. The monoisotopic (exact) mass is 540 g/mol. The van der Waals surface area contributed by atoms with Crippen LogP contribution in [0.5, 0.6) is 0 Å². The zero-order chi connectivity index (χ0) is 26.8. The average molecular weight is 541 g/mol. The summed E-state index contributed by atoms with van der Waals surface area (Å²) in [5.41, 5.74) is 0.305. The Balaban J connectivity index is 2.54. The Morgan fingerprint density at radius 2 is 1.67 bits per heavy atom. The van der Waals surface area contributed by atoms with E-state index in [-0.39, 0.29) is 42.2 Å². The Hall–Kier alpha value is -2.14. The summed E-state index contributed by atoms with van der Waals surface area (Å²) in [7, 11) is 3.32. The first kappa shape index (κ1) is 30.1. The van der Waals surface area contributed by atoms with Gasteiger partial charge >= 0.3 is 5.97 Å². The van der Waals surface area contributed by atoms with Crippen molar-refractivity contribution in [1.82, 2.24) is 21.3 Å². The Bertz CT molecular complexity index is 861. The minimum absolute atomic E-state index is 0.124. The number of ether oxygens (including phenoxy) is 1. The third kappa shape index (κ3) is 9.06. The molecule has 0 aliphatic carbocycles. The average Bonchev–Trinajstić information content (AvgIpc) is 2.81. The van der Waals surface area contributed by atoms with E-state index in [0.717, 1.165) is 12.2 Å². The van der Waals surface area contributed by atoms with Crippen molar-refractivity contribution in [2.45, 2.75) is 84.7 Å². The van der Waals surface area contributed by atoms with E-state index >= 15 is 0 Å². The summed E-state index contributed by atoms with van der Waals surface area (Å²) in [6, 6.07) is -2.27. The van der Waals surface area contributed by atoms with Crippen molar-refractivity contribution in [3.63, 3.8) is 0 Å². The van der Waals surface area contributed by atoms with Crippen molar-refractivity contribution in [1.29, 1.82) is 0 Å². The van der Waals surface area contributed by atoms with Crippen molar-refractivity contribution >= 4 is 45.3 Å². The third-order valence-corrected chi connectivity index (χ3v) is 8.50. The molecule has 1 fully saturated rings. The summed E-state index contributed by atoms with van der Waals surface area (Å²) in [6.07, 6.45) is 5.06. The summed E-state index contributed by atoms with van der Waals surface area (Å²) >= 11 is 0. The maximum Gasteiger partial charge on any atom is 0.329 e. The summed E-state index contributed by atoms with van der Waals surface area (Å²) in [5.74, 6) is -0.698. The fourth-order valence-electron chi connectivity index (χ4n) is 3.79. The molecule has 11 heteroatoms. The smallest absolute Gasteiger partial charge is 0.329 e. The second-order valence-corrected chi connectivity index (χ2v) is 12.4. The molecular weight excluding hydrogens is 500 g/mol. The molecule has 4 N–H and O–H groups in total. The number of allylic oxidation sites excluding steroid dienone is 2. The van der Waals surface area contributed by atoms with E-state index in [1.807, 2.05) is 40.7 Å². The zero-order valence-electron chi connectivity index (χ0n) is 22.0. The van der Waals surface area contributed by atoms with E-state index in [4.69, 9.17) is 4.74 Å². The molecule has 2 aliphatic rings. The fraction of sp³-hybridized carbons (Fsp3) is 0.680. The lowest BCUT2D eigenvalue weighted by Crippen LogP contribution is -2.58. The molecule has 1 unspecified atom stereocenters. The van der Waals surface area contributed by atoms with Crippen LogP contribution in [0.15, 0.2) is 23.9 Å². The van der Waals surface area contributed by atoms with Gasteiger partial charge in [-0.05, 0) is 38.2 Å². The van der Waals surface area contributed by atoms with Gasteiger partial charge in [0.15, 0.2) is 0 Å². The highest BCUT2D eigenvalue weighted by atomic mass is 33.1. The van der Waals surface area contributed by atoms with Crippen LogP contribution in [-0.2, 0) is 23.9 Å². The van der Waals surface area contributed by atoms with Crippen LogP contribution < -0.4 is 21.3 Å². The van der Waals surface area contributed by atoms with Gasteiger partial charge in [0.2, 0.25) is 11.8 Å². The highest BCUT2D eigenvalue weighted by Crippen LogP contribution is 2.24. The Morgan fingerprint density at radius 1 is 0.972 bits per heavy atom. The molecule has 9 nitrogen and oxygen atoms in total. The van der Waals surface area contributed by atoms with Crippen LogP contribution in [0.1, 0.15) is 54.4 Å². The molecule has 0 spiro atoms. The van der Waals surface area contributed by atoms with Gasteiger partial charge in [0.1, 0.15) is 18.2 Å². The van der Waals surface area contributed by atoms with Crippen LogP contribution in [0.2, 0.25) is 0 Å². The number of hydrogen-bond acceptors (Lipinski definition) is 8. The molecule has 2 aliphatic heterocycles. The molecule has 5 atom stereocenters. The maximum absolute atomic E-state index is 13.3. The Morgan fingerprint density at radius 3 is 2.31 bits per heavy atom. The molecular formula is C25H40N4O5S2. The summed E-state index contributed by atoms with van der Waals surface area (Å²) < 4.78 is 5.72. The Labute approximate surface area is 222 Å². The van der Waals surface area contributed by atoms with Gasteiger partial charge in [-0.15, -0.1) is 0 Å². The lowest BCUT2D eigenvalue weighted by Gasteiger charge is -2.31. The molecule has 36 heavy (non-hydrogen) atoms. The quantitative estimate of drug-likeness (QED) is 0.182. The molecule has 0 radical (unpaired) electrons. The van der Waals surface area contributed by atoms with E-state index in [2.05, 4.69) is 21.3 Å². The van der Waals surface area contributed by atoms with Crippen LogP contribution in [0, 0.1) is 11.8 Å². The van der Waals surface area contributed by atoms with Gasteiger partial charge in [-0.1, -0.05) is 61.4 Å². The topological polar surface area (TPSA) is 126 Å². The Kier molecular flexibility index (Phi) is 12.2. The van der Waals surface area contributed by atoms with Gasteiger partial charge in [-0.3, -0.25) is 14.4 Å². The predicted octanol–water partition coefficient (Wildman–Crippen LogP) is 2.29. The van der Waals surface area contributed by atoms with Crippen molar-refractivity contribution in [3.05, 3.63) is 23.9 Å². The van der Waals surface area contributed by atoms with Crippen molar-refractivity contribution in [2.24, 2.45) is 11.8 Å². The minimum Gasteiger partial charge on any atom is -0.456 e. The SMILES string of the molecule is C/C=C1\NC(C)[C@H]2CSSCC/C=C/[C@H](CC(=O)N[C@H](C(C)C)C(=O)N2)OC(=O)[C@H](C(C)C)NC1=O. The maximum atomic E-state index is 13.3. The van der Waals surface area contributed by atoms with Crippen LogP contribution in [-0.4, -0.2) is 65.5 Å². The van der Waals surface area contributed by atoms with E-state index < -0.39 is 30.1 Å². The minimum atomic E-state index is -0.892. The molecule has 1 saturated heterocycles. The zero-order valence-corrected chi connectivity index (χ0v) is 23.6. The number of amides is 3. The first-order valence-electron chi connectivity index (χ1n) is 12.5. The van der Waals surface area contributed by atoms with Crippen LogP contribution in [0.4, 0.5) is 0 Å². The van der Waals surface area contributed by atoms with E-state index in [9.17, 15) is 19.2 Å². The summed E-state index contributed by atoms with van der Waals surface area (Å²) in [6.45, 7) is 11.0. The van der Waals surface area contributed by atoms with Crippen LogP contribution in [0.25, 0.3) is 0 Å². The van der Waals surface area contributed by atoms with Gasteiger partial charge in [0.05, 0.1) is 18.2 Å². The molecule has 2 rings (SSSR count). The van der Waals surface area contributed by atoms with Gasteiger partial charge in [-0.25, -0.2) is 4.79 Å². The number of nitrogens with one attached hydrogen (secondary N) is 4. The van der Waals surface area contributed by atoms with E-state index in [1.54, 1.807) is 40.7 Å². The summed E-state index contributed by atoms with van der Waals surface area (Å²) in [5, 5.41) is 11.9. The molecule has 0 aromatic heterocycles. The largest absolute Gasteiger partial charge is 0.456 e. The summed E-state index contributed by atoms with van der Waals surface area (Å²) in [4.78, 5) is 52.5. The highest BCUT2D eigenvalue weighted by Gasteiger charge is 2.33. The van der Waals surface area contributed by atoms with E-state index in [0.29, 0.717) is 11.4 Å². The van der Waals surface area contributed by atoms with Crippen molar-refractivity contribution in [2.75, 3.05) is 11.5 Å². The first-order chi connectivity index (χ1) is 17.0. The van der Waals surface area contributed by atoms with Crippen molar-refractivity contribution < 1.29 is 23.9 Å². The molecule has 0 aromatic carbocycles. The third-order valence-electron chi connectivity index (χ3n) is 6.02. The lowest BCUT2D eigenvalue weighted by atomic mass is 10.0. The van der Waals surface area contributed by atoms with Crippen molar-refractivity contribution in [3.8, 4) is 0 Å². The molecule has 202 valence electrons. The molecule has 3 amide bonds. The van der Waals surface area contributed by atoms with Gasteiger partial charge in [-0.2, -0.15) is 0 Å². The number of esters is 1. The predicted molar refractivity (Wildman–Crippen MR) is 145 cm³/mol. The lowest BCUT2D eigenvalue weighted by molar-refractivity contribution is -0.153. The number of fused-ring (bicyclic) bond motifs is 7. The number of carbonyl (C=O) groups excluding carboxylic acids is 4. The van der Waals surface area contributed by atoms with Gasteiger partial charge < -0.3 is 26.0 Å². The standard InChI is InChI=1S/C25H40N4O5S2/c1-7-18-23(31)29-22(15(4)5)25(33)34-17-10-8-9-11-35-36-13-19(16(6)26-18)27-24(32)21(14(2)3)28-20(30)12-17/h7-8,10,14-17,19,21-22,26H,9,11-13H2,1-6H3,(H,27,32)(H,28,30)(H,29,31)/b10-8+,18-7-/t16?,17-,19-,21-,22+/m1/s1. The first-order valence-corrected chi connectivity index (χ1v) is 15.0. The number of rotatable bonds is 2. The molecule has 2 heterocycles. The van der Waals surface area contributed by atoms with Crippen LogP contribution >= 0.6 is 21.6 Å². The molecule has 0 aromatic rings. The molecule has 0 saturated carbocycles. The van der Waals surface area contributed by atoms with E-state index in [1.165, 1.54) is 0 Å². The number of hydrogen-bond donors (Lipinski definition) is 4. The second kappa shape index (κ2) is 14.6. The van der Waals surface area contributed by atoms with Crippen LogP contribution in [0.3, 0.4) is 0 Å². The molecule has 2 bridgehead atoms. The van der Waals surface area contributed by atoms with Gasteiger partial charge in [0.25, 0.3) is 5.91 Å². The highest BCUT2D eigenvalue weighted by molar-refractivity contribution is 8.76. The normalized spacial score (nSPS) is 31.7. The fourth-order valence-corrected chi connectivity index (χ4v) is 6.13. The second-order valence-electron chi connectivity index (χ2n) is 9.74.